The van der Waals surface area contributed by atoms with E-state index in [1.165, 1.54) is 12.8 Å². The quantitative estimate of drug-likeness (QED) is 0.359. The third kappa shape index (κ3) is 3.99. The Labute approximate surface area is 226 Å². The van der Waals surface area contributed by atoms with Gasteiger partial charge in [0, 0.05) is 59.8 Å². The Balaban J connectivity index is 1.35. The summed E-state index contributed by atoms with van der Waals surface area (Å²) in [6.07, 6.45) is 6.46. The number of nitrogens with zero attached hydrogens (tertiary/aromatic N) is 4. The van der Waals surface area contributed by atoms with Gasteiger partial charge in [0.25, 0.3) is 0 Å². The van der Waals surface area contributed by atoms with Crippen LogP contribution in [0.5, 0.6) is 5.88 Å². The molecule has 0 bridgehead atoms. The lowest BCUT2D eigenvalue weighted by Crippen LogP contribution is -2.44. The molecule has 5 heterocycles. The zero-order valence-electron chi connectivity index (χ0n) is 21.4. The molecule has 3 saturated heterocycles. The number of ether oxygens (including phenoxy) is 1. The van der Waals surface area contributed by atoms with Crippen molar-refractivity contribution in [3.8, 4) is 17.1 Å². The highest BCUT2D eigenvalue weighted by Crippen LogP contribution is 2.41. The highest BCUT2D eigenvalue weighted by molar-refractivity contribution is 6.36. The minimum atomic E-state index is -0.446. The molecule has 0 amide bonds. The van der Waals surface area contributed by atoms with E-state index in [1.54, 1.807) is 6.20 Å². The molecular formula is C30H31ClFN5O. The van der Waals surface area contributed by atoms with Crippen molar-refractivity contribution in [1.29, 1.82) is 0 Å². The lowest BCUT2D eigenvalue weighted by molar-refractivity contribution is 0.111. The zero-order chi connectivity index (χ0) is 25.7. The number of hydrogen-bond acceptors (Lipinski definition) is 6. The van der Waals surface area contributed by atoms with E-state index in [0.717, 1.165) is 68.6 Å². The number of fused-ring (bicyclic) bond motifs is 3. The summed E-state index contributed by atoms with van der Waals surface area (Å²) in [5, 5.41) is 6.41. The maximum absolute atomic E-state index is 16.4. The molecule has 196 valence electrons. The summed E-state index contributed by atoms with van der Waals surface area (Å²) in [6.45, 7) is 6.28. The van der Waals surface area contributed by atoms with E-state index >= 15 is 4.39 Å². The molecule has 0 unspecified atom stereocenters. The first-order valence-electron chi connectivity index (χ1n) is 13.6. The van der Waals surface area contributed by atoms with Crippen LogP contribution >= 0.6 is 11.6 Å². The predicted molar refractivity (Wildman–Crippen MR) is 151 cm³/mol. The lowest BCUT2D eigenvalue weighted by atomic mass is 9.95. The second-order valence-electron chi connectivity index (χ2n) is 10.8. The number of pyridine rings is 2. The number of rotatable bonds is 5. The summed E-state index contributed by atoms with van der Waals surface area (Å²) < 4.78 is 22.9. The standard InChI is InChI=1S/C30H31ClFN5O/c31-23-8-2-6-20-5-1-7-21(26(20)23)28-27(32)29-22(18-34-28)24(36-15-11-33-12-16-36)17-25(35-29)38-19-30-9-3-13-37(30)14-4-10-30/h1-2,5-8,17-18,33H,3-4,9-16,19H2. The summed E-state index contributed by atoms with van der Waals surface area (Å²) in [4.78, 5) is 14.2. The summed E-state index contributed by atoms with van der Waals surface area (Å²) in [7, 11) is 0. The van der Waals surface area contributed by atoms with Crippen LogP contribution in [0.2, 0.25) is 5.02 Å². The van der Waals surface area contributed by atoms with Gasteiger partial charge in [-0.25, -0.2) is 9.37 Å². The fourth-order valence-electron chi connectivity index (χ4n) is 6.70. The monoisotopic (exact) mass is 531 g/mol. The fraction of sp³-hybridized carbons (Fsp3) is 0.400. The number of benzene rings is 2. The van der Waals surface area contributed by atoms with Crippen molar-refractivity contribution in [2.75, 3.05) is 50.8 Å². The van der Waals surface area contributed by atoms with Crippen LogP contribution in [0.1, 0.15) is 25.7 Å². The van der Waals surface area contributed by atoms with Gasteiger partial charge in [-0.1, -0.05) is 41.9 Å². The average molecular weight is 532 g/mol. The molecule has 2 aromatic heterocycles. The number of hydrogen-bond donors (Lipinski definition) is 1. The fourth-order valence-corrected chi connectivity index (χ4v) is 6.99. The van der Waals surface area contributed by atoms with Gasteiger partial charge in [-0.05, 0) is 50.2 Å². The van der Waals surface area contributed by atoms with E-state index in [9.17, 15) is 0 Å². The van der Waals surface area contributed by atoms with Crippen molar-refractivity contribution < 1.29 is 9.13 Å². The number of nitrogens with one attached hydrogen (secondary N) is 1. The van der Waals surface area contributed by atoms with Crippen molar-refractivity contribution in [2.24, 2.45) is 0 Å². The van der Waals surface area contributed by atoms with Gasteiger partial charge in [0.2, 0.25) is 5.88 Å². The molecule has 0 spiro atoms. The first-order valence-corrected chi connectivity index (χ1v) is 14.0. The largest absolute Gasteiger partial charge is 0.476 e. The summed E-state index contributed by atoms with van der Waals surface area (Å²) in [6, 6.07) is 13.4. The van der Waals surface area contributed by atoms with Gasteiger partial charge in [-0.3, -0.25) is 9.88 Å². The van der Waals surface area contributed by atoms with Gasteiger partial charge in [0.15, 0.2) is 5.82 Å². The smallest absolute Gasteiger partial charge is 0.216 e. The Kier molecular flexibility index (Phi) is 6.10. The van der Waals surface area contributed by atoms with Crippen LogP contribution in [-0.4, -0.2) is 66.3 Å². The molecule has 0 radical (unpaired) electrons. The number of halogens is 2. The molecule has 8 heteroatoms. The third-order valence-electron chi connectivity index (χ3n) is 8.62. The predicted octanol–water partition coefficient (Wildman–Crippen LogP) is 5.66. The van der Waals surface area contributed by atoms with Crippen LogP contribution in [0, 0.1) is 5.82 Å². The second-order valence-corrected chi connectivity index (χ2v) is 11.2. The topological polar surface area (TPSA) is 53.5 Å². The van der Waals surface area contributed by atoms with E-state index in [0.29, 0.717) is 28.5 Å². The van der Waals surface area contributed by atoms with Crippen LogP contribution < -0.4 is 15.0 Å². The molecular weight excluding hydrogens is 501 g/mol. The van der Waals surface area contributed by atoms with E-state index in [-0.39, 0.29) is 16.7 Å². The van der Waals surface area contributed by atoms with Gasteiger partial charge in [-0.15, -0.1) is 0 Å². The molecule has 0 atom stereocenters. The molecule has 3 aliphatic heterocycles. The molecule has 4 aromatic rings. The van der Waals surface area contributed by atoms with E-state index in [4.69, 9.17) is 21.3 Å². The first-order chi connectivity index (χ1) is 18.6. The van der Waals surface area contributed by atoms with Crippen molar-refractivity contribution >= 4 is 39.0 Å². The van der Waals surface area contributed by atoms with Gasteiger partial charge < -0.3 is 15.0 Å². The second kappa shape index (κ2) is 9.63. The van der Waals surface area contributed by atoms with Crippen LogP contribution in [-0.2, 0) is 0 Å². The Hall–Kier alpha value is -3.00. The number of aromatic nitrogens is 2. The Bertz CT molecular complexity index is 1510. The molecule has 3 aliphatic rings. The normalized spacial score (nSPS) is 19.4. The Morgan fingerprint density at radius 3 is 2.58 bits per heavy atom. The van der Waals surface area contributed by atoms with E-state index in [2.05, 4.69) is 20.1 Å². The third-order valence-corrected chi connectivity index (χ3v) is 8.93. The first kappa shape index (κ1) is 24.1. The lowest BCUT2D eigenvalue weighted by Gasteiger charge is -2.32. The highest BCUT2D eigenvalue weighted by Gasteiger charge is 2.45. The van der Waals surface area contributed by atoms with Gasteiger partial charge in [-0.2, -0.15) is 0 Å². The van der Waals surface area contributed by atoms with Crippen molar-refractivity contribution in [3.05, 3.63) is 59.5 Å². The minimum absolute atomic E-state index is 0.0908. The molecule has 7 rings (SSSR count). The molecule has 38 heavy (non-hydrogen) atoms. The summed E-state index contributed by atoms with van der Waals surface area (Å²) >= 11 is 6.58. The van der Waals surface area contributed by atoms with Gasteiger partial charge >= 0.3 is 0 Å². The van der Waals surface area contributed by atoms with Crippen molar-refractivity contribution in [2.45, 2.75) is 31.2 Å². The Morgan fingerprint density at radius 2 is 1.79 bits per heavy atom. The van der Waals surface area contributed by atoms with E-state index in [1.807, 2.05) is 42.5 Å². The minimum Gasteiger partial charge on any atom is -0.476 e. The molecule has 6 nitrogen and oxygen atoms in total. The molecule has 3 fully saturated rings. The molecule has 2 aromatic carbocycles. The van der Waals surface area contributed by atoms with E-state index < -0.39 is 5.82 Å². The zero-order valence-corrected chi connectivity index (χ0v) is 22.1. The van der Waals surface area contributed by atoms with Gasteiger partial charge in [0.1, 0.15) is 17.8 Å². The van der Waals surface area contributed by atoms with Crippen LogP contribution in [0.3, 0.4) is 0 Å². The molecule has 0 saturated carbocycles. The van der Waals surface area contributed by atoms with Crippen molar-refractivity contribution in [3.63, 3.8) is 0 Å². The summed E-state index contributed by atoms with van der Waals surface area (Å²) in [5.74, 6) is 0.0319. The highest BCUT2D eigenvalue weighted by atomic mass is 35.5. The maximum atomic E-state index is 16.4. The Morgan fingerprint density at radius 1 is 1.03 bits per heavy atom. The average Bonchev–Trinajstić information content (AvgIpc) is 3.53. The molecule has 1 N–H and O–H groups in total. The number of piperazine rings is 1. The van der Waals surface area contributed by atoms with Crippen LogP contribution in [0.4, 0.5) is 10.1 Å². The SMILES string of the molecule is Fc1c(-c2cccc3cccc(Cl)c23)ncc2c(N3CCNCC3)cc(OCC34CCCN3CCC4)nc12. The van der Waals surface area contributed by atoms with Crippen LogP contribution in [0.15, 0.2) is 48.7 Å². The van der Waals surface area contributed by atoms with Crippen molar-refractivity contribution in [1.82, 2.24) is 20.2 Å². The molecule has 0 aliphatic carbocycles. The maximum Gasteiger partial charge on any atom is 0.216 e. The van der Waals surface area contributed by atoms with Gasteiger partial charge in [0.05, 0.1) is 11.2 Å². The van der Waals surface area contributed by atoms with Crippen LogP contribution in [0.25, 0.3) is 32.9 Å². The number of anilines is 1. The summed E-state index contributed by atoms with van der Waals surface area (Å²) in [5.41, 5.74) is 2.22.